The molecule has 0 bridgehead atoms. The number of carbonyl (C=O) groups excluding carboxylic acids is 1. The van der Waals surface area contributed by atoms with E-state index in [0.29, 0.717) is 0 Å². The van der Waals surface area contributed by atoms with Crippen molar-refractivity contribution in [2.24, 2.45) is 5.73 Å². The van der Waals surface area contributed by atoms with E-state index in [1.165, 1.54) is 18.7 Å². The first-order valence-corrected chi connectivity index (χ1v) is 6.31. The van der Waals surface area contributed by atoms with Gasteiger partial charge in [-0.3, -0.25) is 4.79 Å². The molecule has 0 spiro atoms. The topological polar surface area (TPSA) is 75.3 Å². The van der Waals surface area contributed by atoms with Crippen molar-refractivity contribution in [1.29, 1.82) is 0 Å². The summed E-state index contributed by atoms with van der Waals surface area (Å²) in [4.78, 5) is 11.9. The van der Waals surface area contributed by atoms with Crippen molar-refractivity contribution in [3.8, 4) is 0 Å². The fraction of sp³-hybridized carbons (Fsp3) is 0.417. The molecule has 1 amide bonds. The fourth-order valence-electron chi connectivity index (χ4n) is 1.31. The third-order valence-electron chi connectivity index (χ3n) is 2.23. The van der Waals surface area contributed by atoms with Gasteiger partial charge in [0.2, 0.25) is 5.91 Å². The lowest BCUT2D eigenvalue weighted by atomic mass is 10.3. The van der Waals surface area contributed by atoms with E-state index in [2.05, 4.69) is 5.32 Å². The van der Waals surface area contributed by atoms with Gasteiger partial charge in [-0.2, -0.15) is 0 Å². The molecule has 5 heteroatoms. The van der Waals surface area contributed by atoms with Crippen molar-refractivity contribution < 1.29 is 9.90 Å². The van der Waals surface area contributed by atoms with Crippen LogP contribution in [0.5, 0.6) is 0 Å². The number of nitrogens with one attached hydrogen (secondary N) is 1. The number of rotatable bonds is 5. The van der Waals surface area contributed by atoms with Gasteiger partial charge in [0.15, 0.2) is 0 Å². The summed E-state index contributed by atoms with van der Waals surface area (Å²) in [7, 11) is 0. The minimum Gasteiger partial charge on any atom is -0.395 e. The number of anilines is 1. The molecule has 0 heterocycles. The van der Waals surface area contributed by atoms with Crippen molar-refractivity contribution in [1.82, 2.24) is 0 Å². The Kier molecular flexibility index (Phi) is 5.47. The molecule has 2 unspecified atom stereocenters. The summed E-state index contributed by atoms with van der Waals surface area (Å²) in [6.07, 6.45) is 0. The number of benzene rings is 1. The van der Waals surface area contributed by atoms with Crippen LogP contribution >= 0.6 is 11.8 Å². The Hall–Kier alpha value is -1.04. The lowest BCUT2D eigenvalue weighted by Gasteiger charge is -2.17. The normalized spacial score (nSPS) is 14.1. The minimum absolute atomic E-state index is 0.0124. The largest absolute Gasteiger partial charge is 0.395 e. The second kappa shape index (κ2) is 6.64. The Labute approximate surface area is 106 Å². The van der Waals surface area contributed by atoms with Gasteiger partial charge in [-0.1, -0.05) is 0 Å². The van der Waals surface area contributed by atoms with Crippen molar-refractivity contribution in [3.05, 3.63) is 24.3 Å². The zero-order valence-electron chi connectivity index (χ0n) is 10.0. The van der Waals surface area contributed by atoms with Crippen LogP contribution in [0.25, 0.3) is 0 Å². The van der Waals surface area contributed by atoms with Gasteiger partial charge in [-0.05, 0) is 31.2 Å². The molecule has 94 valence electrons. The van der Waals surface area contributed by atoms with Crippen LogP contribution in [0, 0.1) is 0 Å². The average Bonchev–Trinajstić information content (AvgIpc) is 2.26. The summed E-state index contributed by atoms with van der Waals surface area (Å²) < 4.78 is 0. The Morgan fingerprint density at radius 1 is 1.47 bits per heavy atom. The first kappa shape index (κ1) is 14.0. The summed E-state index contributed by atoms with van der Waals surface area (Å²) in [6.45, 7) is 3.40. The highest BCUT2D eigenvalue weighted by atomic mass is 32.2. The van der Waals surface area contributed by atoms with Gasteiger partial charge in [0.1, 0.15) is 0 Å². The van der Waals surface area contributed by atoms with Gasteiger partial charge >= 0.3 is 0 Å². The van der Waals surface area contributed by atoms with Crippen LogP contribution in [-0.2, 0) is 4.79 Å². The number of aliphatic hydroxyl groups is 1. The van der Waals surface area contributed by atoms with E-state index in [0.717, 1.165) is 10.6 Å². The molecule has 0 aromatic heterocycles. The Morgan fingerprint density at radius 3 is 2.47 bits per heavy atom. The Balaban J connectivity index is 2.64. The molecule has 1 aromatic carbocycles. The molecule has 0 saturated carbocycles. The highest BCUT2D eigenvalue weighted by molar-refractivity contribution is 8.00. The number of carbonyl (C=O) groups is 1. The zero-order valence-corrected chi connectivity index (χ0v) is 10.8. The maximum absolute atomic E-state index is 10.8. The number of hydrogen-bond donors (Lipinski definition) is 3. The van der Waals surface area contributed by atoms with Crippen molar-refractivity contribution in [2.45, 2.75) is 30.0 Å². The number of aliphatic hydroxyl groups excluding tert-OH is 1. The molecular weight excluding hydrogens is 236 g/mol. The smallest absolute Gasteiger partial charge is 0.221 e. The molecule has 1 aromatic rings. The maximum Gasteiger partial charge on any atom is 0.221 e. The highest BCUT2D eigenvalue weighted by Crippen LogP contribution is 2.25. The molecule has 17 heavy (non-hydrogen) atoms. The number of nitrogens with two attached hydrogens (primary N) is 1. The lowest BCUT2D eigenvalue weighted by Crippen LogP contribution is -2.31. The van der Waals surface area contributed by atoms with Crippen LogP contribution in [0.15, 0.2) is 29.2 Å². The second-order valence-corrected chi connectivity index (χ2v) is 5.22. The van der Waals surface area contributed by atoms with E-state index < -0.39 is 0 Å². The van der Waals surface area contributed by atoms with E-state index in [1.54, 1.807) is 0 Å². The molecule has 0 fully saturated rings. The van der Waals surface area contributed by atoms with E-state index in [4.69, 9.17) is 5.73 Å². The minimum atomic E-state index is -0.0887. The molecule has 0 saturated heterocycles. The van der Waals surface area contributed by atoms with Crippen LogP contribution in [-0.4, -0.2) is 28.9 Å². The van der Waals surface area contributed by atoms with Crippen LogP contribution in [0.3, 0.4) is 0 Å². The van der Waals surface area contributed by atoms with Crippen molar-refractivity contribution >= 4 is 23.4 Å². The monoisotopic (exact) mass is 254 g/mol. The van der Waals surface area contributed by atoms with E-state index in [1.807, 2.05) is 31.2 Å². The summed E-state index contributed by atoms with van der Waals surface area (Å²) in [6, 6.07) is 7.40. The SMILES string of the molecule is CC(=O)Nc1ccc(SC(CO)C(C)N)cc1. The molecular formula is C12H18N2O2S. The summed E-state index contributed by atoms with van der Waals surface area (Å²) in [5.41, 5.74) is 6.52. The predicted molar refractivity (Wildman–Crippen MR) is 71.1 cm³/mol. The van der Waals surface area contributed by atoms with Crippen molar-refractivity contribution in [2.75, 3.05) is 11.9 Å². The average molecular weight is 254 g/mol. The molecule has 0 aliphatic rings. The second-order valence-electron chi connectivity index (χ2n) is 3.90. The van der Waals surface area contributed by atoms with Gasteiger partial charge in [0.05, 0.1) is 6.61 Å². The molecule has 4 N–H and O–H groups in total. The van der Waals surface area contributed by atoms with Gasteiger partial charge in [0.25, 0.3) is 0 Å². The number of amides is 1. The quantitative estimate of drug-likeness (QED) is 0.695. The lowest BCUT2D eigenvalue weighted by molar-refractivity contribution is -0.114. The van der Waals surface area contributed by atoms with Crippen molar-refractivity contribution in [3.63, 3.8) is 0 Å². The number of thioether (sulfide) groups is 1. The highest BCUT2D eigenvalue weighted by Gasteiger charge is 2.13. The van der Waals surface area contributed by atoms with Crippen LogP contribution in [0.1, 0.15) is 13.8 Å². The molecule has 0 radical (unpaired) electrons. The number of hydrogen-bond acceptors (Lipinski definition) is 4. The molecule has 2 atom stereocenters. The van der Waals surface area contributed by atoms with Crippen LogP contribution < -0.4 is 11.1 Å². The Bertz CT molecular complexity index is 365. The fourth-order valence-corrected chi connectivity index (χ4v) is 2.24. The zero-order chi connectivity index (χ0) is 12.8. The van der Waals surface area contributed by atoms with Gasteiger partial charge in [0, 0.05) is 28.8 Å². The molecule has 0 aliphatic carbocycles. The Morgan fingerprint density at radius 2 is 2.06 bits per heavy atom. The third kappa shape index (κ3) is 4.77. The summed E-state index contributed by atoms with van der Waals surface area (Å²) in [5, 5.41) is 11.9. The van der Waals surface area contributed by atoms with Crippen LogP contribution in [0.4, 0.5) is 5.69 Å². The molecule has 1 rings (SSSR count). The van der Waals surface area contributed by atoms with Crippen LogP contribution in [0.2, 0.25) is 0 Å². The maximum atomic E-state index is 10.8. The summed E-state index contributed by atoms with van der Waals surface area (Å²) in [5.74, 6) is -0.0887. The third-order valence-corrected chi connectivity index (χ3v) is 3.65. The van der Waals surface area contributed by atoms with Gasteiger partial charge in [-0.25, -0.2) is 0 Å². The van der Waals surface area contributed by atoms with E-state index in [-0.39, 0.29) is 23.8 Å². The first-order chi connectivity index (χ1) is 8.02. The molecule has 4 nitrogen and oxygen atoms in total. The predicted octanol–water partition coefficient (Wildman–Crippen LogP) is 1.45. The van der Waals surface area contributed by atoms with E-state index >= 15 is 0 Å². The summed E-state index contributed by atoms with van der Waals surface area (Å²) >= 11 is 1.54. The van der Waals surface area contributed by atoms with Gasteiger partial charge < -0.3 is 16.2 Å². The molecule has 0 aliphatic heterocycles. The van der Waals surface area contributed by atoms with E-state index in [9.17, 15) is 9.90 Å². The first-order valence-electron chi connectivity index (χ1n) is 5.43. The van der Waals surface area contributed by atoms with Gasteiger partial charge in [-0.15, -0.1) is 11.8 Å². The standard InChI is InChI=1S/C12H18N2O2S/c1-8(13)12(7-15)17-11-5-3-10(4-6-11)14-9(2)16/h3-6,8,12,15H,7,13H2,1-2H3,(H,14,16).